The molecule has 0 amide bonds. The largest absolute Gasteiger partial charge is 0.394 e. The monoisotopic (exact) mass is 788 g/mol. The summed E-state index contributed by atoms with van der Waals surface area (Å²) in [6, 6.07) is 0. The Morgan fingerprint density at radius 3 is 1.87 bits per heavy atom. The second-order valence-electron chi connectivity index (χ2n) is 19.0. The average molecular weight is 789 g/mol. The number of hydrogen-bond acceptors (Lipinski definition) is 16. The number of rotatable bonds is 6. The summed E-state index contributed by atoms with van der Waals surface area (Å²) in [5.74, 6) is -1.31. The van der Waals surface area contributed by atoms with E-state index in [0.717, 1.165) is 19.3 Å². The average Bonchev–Trinajstić information content (AvgIpc) is 3.62. The second-order valence-corrected chi connectivity index (χ2v) is 19.0. The maximum Gasteiger partial charge on any atom is 0.200 e. The fourth-order valence-corrected chi connectivity index (χ4v) is 13.4. The van der Waals surface area contributed by atoms with Gasteiger partial charge in [0.1, 0.15) is 54.9 Å². The predicted octanol–water partition coefficient (Wildman–Crippen LogP) is -1.65. The molecule has 8 rings (SSSR count). The Balaban J connectivity index is 1.03. The van der Waals surface area contributed by atoms with Gasteiger partial charge >= 0.3 is 0 Å². The minimum Gasteiger partial charge on any atom is -0.394 e. The van der Waals surface area contributed by atoms with Gasteiger partial charge in [0.25, 0.3) is 0 Å². The van der Waals surface area contributed by atoms with Crippen molar-refractivity contribution in [1.82, 2.24) is 0 Å². The Bertz CT molecular complexity index is 1370. The van der Waals surface area contributed by atoms with Crippen molar-refractivity contribution in [1.29, 1.82) is 0 Å². The van der Waals surface area contributed by atoms with Crippen molar-refractivity contribution in [3.8, 4) is 0 Å². The molecule has 55 heavy (non-hydrogen) atoms. The summed E-state index contributed by atoms with van der Waals surface area (Å²) in [6.45, 7) is 7.56. The molecule has 0 aromatic rings. The first kappa shape index (κ1) is 41.1. The van der Waals surface area contributed by atoms with Gasteiger partial charge in [-0.25, -0.2) is 0 Å². The van der Waals surface area contributed by atoms with Gasteiger partial charge in [-0.1, -0.05) is 27.7 Å². The third-order valence-corrected chi connectivity index (χ3v) is 16.4. The number of hydrogen-bond donors (Lipinski definition) is 10. The van der Waals surface area contributed by atoms with Crippen LogP contribution in [0.5, 0.6) is 0 Å². The molecular weight excluding hydrogens is 724 g/mol. The Hall–Kier alpha value is -0.640. The third kappa shape index (κ3) is 6.23. The van der Waals surface area contributed by atoms with Gasteiger partial charge in [-0.3, -0.25) is 0 Å². The highest BCUT2D eigenvalue weighted by molar-refractivity contribution is 5.18. The maximum atomic E-state index is 12.1. The first-order valence-corrected chi connectivity index (χ1v) is 20.6. The molecule has 25 atom stereocenters. The molecule has 0 aromatic heterocycles. The highest BCUT2D eigenvalue weighted by atomic mass is 16.7. The fourth-order valence-electron chi connectivity index (χ4n) is 13.4. The van der Waals surface area contributed by atoms with E-state index in [-0.39, 0.29) is 59.0 Å². The van der Waals surface area contributed by atoms with Crippen LogP contribution in [0, 0.1) is 52.3 Å². The van der Waals surface area contributed by atoms with Crippen LogP contribution in [0.15, 0.2) is 0 Å². The van der Waals surface area contributed by atoms with Gasteiger partial charge in [-0.15, -0.1) is 0 Å². The highest BCUT2D eigenvalue weighted by Gasteiger charge is 2.72. The Morgan fingerprint density at radius 1 is 0.655 bits per heavy atom. The van der Waals surface area contributed by atoms with E-state index in [0.29, 0.717) is 31.6 Å². The number of fused-ring (bicyclic) bond motifs is 7. The van der Waals surface area contributed by atoms with Gasteiger partial charge in [0, 0.05) is 11.8 Å². The predicted molar refractivity (Wildman–Crippen MR) is 187 cm³/mol. The molecule has 0 aromatic carbocycles. The zero-order valence-corrected chi connectivity index (χ0v) is 32.2. The van der Waals surface area contributed by atoms with Crippen LogP contribution in [-0.4, -0.2) is 169 Å². The summed E-state index contributed by atoms with van der Waals surface area (Å²) in [7, 11) is 0. The van der Waals surface area contributed by atoms with Crippen molar-refractivity contribution in [2.45, 2.75) is 170 Å². The summed E-state index contributed by atoms with van der Waals surface area (Å²) in [6.07, 6.45) is -12.4. The lowest BCUT2D eigenvalue weighted by molar-refractivity contribution is -0.374. The van der Waals surface area contributed by atoms with E-state index in [1.807, 2.05) is 6.92 Å². The van der Waals surface area contributed by atoms with Crippen LogP contribution < -0.4 is 0 Å². The van der Waals surface area contributed by atoms with Crippen LogP contribution in [0.2, 0.25) is 0 Å². The van der Waals surface area contributed by atoms with Crippen molar-refractivity contribution in [2.24, 2.45) is 52.3 Å². The van der Waals surface area contributed by atoms with Gasteiger partial charge in [0.2, 0.25) is 0 Å². The van der Waals surface area contributed by atoms with E-state index < -0.39 is 105 Å². The van der Waals surface area contributed by atoms with Crippen LogP contribution in [-0.2, 0) is 28.4 Å². The minimum absolute atomic E-state index is 0.0120. The third-order valence-electron chi connectivity index (χ3n) is 16.4. The van der Waals surface area contributed by atoms with E-state index in [4.69, 9.17) is 28.4 Å². The first-order valence-electron chi connectivity index (χ1n) is 20.6. The lowest BCUT2D eigenvalue weighted by atomic mass is 9.43. The fraction of sp³-hybridized carbons (Fsp3) is 1.00. The van der Waals surface area contributed by atoms with E-state index >= 15 is 0 Å². The number of ether oxygens (including phenoxy) is 6. The first-order chi connectivity index (χ1) is 26.0. The van der Waals surface area contributed by atoms with E-state index in [1.54, 1.807) is 0 Å². The van der Waals surface area contributed by atoms with Crippen molar-refractivity contribution in [3.05, 3.63) is 0 Å². The highest BCUT2D eigenvalue weighted by Crippen LogP contribution is 2.71. The molecule has 4 saturated heterocycles. The Labute approximate surface area is 321 Å². The molecule has 0 unspecified atom stereocenters. The molecule has 16 heteroatoms. The van der Waals surface area contributed by atoms with Crippen LogP contribution in [0.4, 0.5) is 0 Å². The normalized spacial score (nSPS) is 60.5. The topological polar surface area (TPSA) is 258 Å². The summed E-state index contributed by atoms with van der Waals surface area (Å²) >= 11 is 0. The molecule has 16 nitrogen and oxygen atoms in total. The smallest absolute Gasteiger partial charge is 0.200 e. The van der Waals surface area contributed by atoms with E-state index in [2.05, 4.69) is 20.8 Å². The lowest BCUT2D eigenvalue weighted by Crippen LogP contribution is -2.65. The molecule has 316 valence electrons. The van der Waals surface area contributed by atoms with Gasteiger partial charge in [-0.05, 0) is 85.4 Å². The molecule has 0 bridgehead atoms. The Morgan fingerprint density at radius 2 is 1.25 bits per heavy atom. The molecule has 4 aliphatic carbocycles. The Kier molecular flexibility index (Phi) is 11.1. The molecule has 8 aliphatic rings. The number of aliphatic hydroxyl groups excluding tert-OH is 10. The van der Waals surface area contributed by atoms with Crippen molar-refractivity contribution >= 4 is 0 Å². The van der Waals surface area contributed by atoms with Crippen LogP contribution >= 0.6 is 0 Å². The molecular formula is C39H64O16. The van der Waals surface area contributed by atoms with E-state index in [9.17, 15) is 51.1 Å². The second kappa shape index (κ2) is 14.8. The summed E-state index contributed by atoms with van der Waals surface area (Å²) in [4.78, 5) is 0. The standard InChI is InChI=1S/C39H64O16/c1-15-14-50-39(34(49)33(15)54-36-32(48)30(46)28(44)25(13-41)53-36)16(2)26-23(55-39)11-20-18-10-22(51-35-31(47)29(45)27(43)24(12-40)52-35)21-9-17(42)5-7-37(21,3)19(18)6-8-38(20,26)4/h15-36,40-49H,5-14H2,1-4H3/t15-,16-,17-,18+,19-,20-,21+,22-,23-,24+,25+,26-,27-,28-,29-,30-,31+,32+,33+,34-,35+,36-,37+,38-,39-/m0/s1. The van der Waals surface area contributed by atoms with Crippen molar-refractivity contribution < 1.29 is 79.5 Å². The number of aliphatic hydroxyl groups is 10. The molecule has 4 saturated carbocycles. The molecule has 4 heterocycles. The lowest BCUT2D eigenvalue weighted by Gasteiger charge is -2.63. The molecule has 10 N–H and O–H groups in total. The molecule has 8 fully saturated rings. The molecule has 1 spiro atoms. The van der Waals surface area contributed by atoms with Crippen molar-refractivity contribution in [3.63, 3.8) is 0 Å². The van der Waals surface area contributed by atoms with E-state index in [1.165, 1.54) is 0 Å². The van der Waals surface area contributed by atoms with Gasteiger partial charge < -0.3 is 79.5 Å². The van der Waals surface area contributed by atoms with Crippen LogP contribution in [0.1, 0.15) is 72.6 Å². The quantitative estimate of drug-likeness (QED) is 0.135. The SMILES string of the molecule is C[C@H]1CO[C@@]2(O[C@H]3C[C@H]4[C@@H]5C[C@H](O[C@@H]6O[C@H](CO)[C@H](O)[C@H](O)[C@H]6O)[C@H]6C[C@@H](O)CC[C@]6(C)[C@H]5CC[C@]4(C)[C@H]3[C@@H]2C)[C@@H](O)[C@@H]1O[C@@H]1O[C@H](CO)[C@H](O)[C@H](O)[C@H]1O. The minimum atomic E-state index is -1.62. The summed E-state index contributed by atoms with van der Waals surface area (Å²) in [5.41, 5.74) is -0.388. The van der Waals surface area contributed by atoms with Crippen molar-refractivity contribution in [2.75, 3.05) is 19.8 Å². The zero-order valence-electron chi connectivity index (χ0n) is 32.2. The zero-order chi connectivity index (χ0) is 39.5. The van der Waals surface area contributed by atoms with Crippen LogP contribution in [0.3, 0.4) is 0 Å². The summed E-state index contributed by atoms with van der Waals surface area (Å²) in [5, 5.41) is 106. The van der Waals surface area contributed by atoms with Gasteiger partial charge in [0.05, 0.1) is 44.2 Å². The maximum absolute atomic E-state index is 12.1. The van der Waals surface area contributed by atoms with Crippen LogP contribution in [0.25, 0.3) is 0 Å². The summed E-state index contributed by atoms with van der Waals surface area (Å²) < 4.78 is 37.7. The molecule has 4 aliphatic heterocycles. The van der Waals surface area contributed by atoms with Gasteiger partial charge in [-0.2, -0.15) is 0 Å². The van der Waals surface area contributed by atoms with Gasteiger partial charge in [0.15, 0.2) is 18.4 Å². The molecule has 0 radical (unpaired) electrons.